The lowest BCUT2D eigenvalue weighted by molar-refractivity contribution is -0.147. The van der Waals surface area contributed by atoms with E-state index in [1.54, 1.807) is 28.4 Å². The Bertz CT molecular complexity index is 1200. The molecule has 10 heteroatoms. The maximum atomic E-state index is 12.0. The summed E-state index contributed by atoms with van der Waals surface area (Å²) in [4.78, 5) is 23.9. The summed E-state index contributed by atoms with van der Waals surface area (Å²) in [6.07, 6.45) is 2.13. The Kier molecular flexibility index (Phi) is 12.0. The molecule has 0 radical (unpaired) electrons. The van der Waals surface area contributed by atoms with Crippen LogP contribution in [0, 0.1) is 11.8 Å². The average Bonchev–Trinajstić information content (AvgIpc) is 2.98. The van der Waals surface area contributed by atoms with Gasteiger partial charge in [-0.1, -0.05) is 13.8 Å². The van der Waals surface area contributed by atoms with E-state index in [1.807, 2.05) is 32.0 Å². The first-order valence-corrected chi connectivity index (χ1v) is 14.3. The van der Waals surface area contributed by atoms with Crippen molar-refractivity contribution < 1.29 is 47.5 Å². The number of rotatable bonds is 15. The Morgan fingerprint density at radius 1 is 0.714 bits per heavy atom. The van der Waals surface area contributed by atoms with Crippen molar-refractivity contribution in [3.63, 3.8) is 0 Å². The molecule has 3 unspecified atom stereocenters. The molecule has 0 saturated carbocycles. The summed E-state index contributed by atoms with van der Waals surface area (Å²) < 4.78 is 46.7. The minimum Gasteiger partial charge on any atom is -0.493 e. The van der Waals surface area contributed by atoms with Gasteiger partial charge >= 0.3 is 11.9 Å². The van der Waals surface area contributed by atoms with Gasteiger partial charge in [-0.3, -0.25) is 9.59 Å². The minimum atomic E-state index is -0.405. The van der Waals surface area contributed by atoms with Gasteiger partial charge < -0.3 is 37.9 Å². The molecule has 0 fully saturated rings. The lowest BCUT2D eigenvalue weighted by Crippen LogP contribution is -2.37. The first-order chi connectivity index (χ1) is 20.2. The molecule has 0 amide bonds. The molecule has 0 saturated heterocycles. The van der Waals surface area contributed by atoms with Crippen LogP contribution in [-0.2, 0) is 25.5 Å². The SMILES string of the molecule is CCCOc1c(OC)cc(C2c3c(cc(OC)c(OCCC)c3OC)CC(COC(C)=O)C2COC(C)=O)cc1OC. The van der Waals surface area contributed by atoms with Crippen LogP contribution < -0.4 is 28.4 Å². The van der Waals surface area contributed by atoms with E-state index in [-0.39, 0.29) is 31.0 Å². The van der Waals surface area contributed by atoms with Crippen molar-refractivity contribution in [2.45, 2.75) is 52.9 Å². The van der Waals surface area contributed by atoms with E-state index in [2.05, 4.69) is 0 Å². The van der Waals surface area contributed by atoms with Crippen LogP contribution >= 0.6 is 0 Å². The highest BCUT2D eigenvalue weighted by molar-refractivity contribution is 5.67. The monoisotopic (exact) mass is 588 g/mol. The molecule has 0 aromatic heterocycles. The maximum absolute atomic E-state index is 12.0. The Hall–Kier alpha value is -3.82. The van der Waals surface area contributed by atoms with E-state index in [0.717, 1.165) is 29.5 Å². The number of hydrogen-bond donors (Lipinski definition) is 0. The molecule has 3 atom stereocenters. The number of carbonyl (C=O) groups is 2. The summed E-state index contributed by atoms with van der Waals surface area (Å²) in [6.45, 7) is 7.98. The molecule has 0 N–H and O–H groups in total. The first kappa shape index (κ1) is 32.7. The second-order valence-electron chi connectivity index (χ2n) is 10.2. The molecule has 0 spiro atoms. The number of hydrogen-bond acceptors (Lipinski definition) is 10. The van der Waals surface area contributed by atoms with E-state index in [1.165, 1.54) is 13.8 Å². The van der Waals surface area contributed by atoms with Gasteiger partial charge in [0.15, 0.2) is 23.0 Å². The predicted molar refractivity (Wildman–Crippen MR) is 156 cm³/mol. The molecule has 42 heavy (non-hydrogen) atoms. The largest absolute Gasteiger partial charge is 0.493 e. The Balaban J connectivity index is 2.37. The van der Waals surface area contributed by atoms with Crippen LogP contribution in [0.5, 0.6) is 34.5 Å². The van der Waals surface area contributed by atoms with Gasteiger partial charge in [-0.05, 0) is 48.6 Å². The molecule has 2 aromatic rings. The standard InChI is InChI=1S/C32H44O10/c1-9-11-39-30-25(35-5)15-22(16-26(30)36-6)28-24(18-42-20(4)34)23(17-41-19(3)33)13-21-14-27(37-7)31(40-12-10-2)32(38-8)29(21)28/h14-16,23-24,28H,9-13,17-18H2,1-8H3. The third kappa shape index (κ3) is 7.33. The Morgan fingerprint density at radius 3 is 1.74 bits per heavy atom. The average molecular weight is 589 g/mol. The molecule has 2 aromatic carbocycles. The van der Waals surface area contributed by atoms with Gasteiger partial charge in [0, 0.05) is 37.2 Å². The molecule has 1 aliphatic carbocycles. The molecule has 3 rings (SSSR count). The fourth-order valence-corrected chi connectivity index (χ4v) is 5.50. The zero-order chi connectivity index (χ0) is 30.8. The first-order valence-electron chi connectivity index (χ1n) is 14.3. The number of benzene rings is 2. The van der Waals surface area contributed by atoms with Crippen molar-refractivity contribution in [1.82, 2.24) is 0 Å². The summed E-state index contributed by atoms with van der Waals surface area (Å²) in [6, 6.07) is 5.77. The van der Waals surface area contributed by atoms with E-state index in [9.17, 15) is 9.59 Å². The van der Waals surface area contributed by atoms with Crippen molar-refractivity contribution in [1.29, 1.82) is 0 Å². The van der Waals surface area contributed by atoms with Crippen LogP contribution in [0.3, 0.4) is 0 Å². The molecule has 0 aliphatic heterocycles. The van der Waals surface area contributed by atoms with E-state index in [4.69, 9.17) is 37.9 Å². The van der Waals surface area contributed by atoms with Crippen molar-refractivity contribution in [2.75, 3.05) is 54.9 Å². The molecular formula is C32H44O10. The molecule has 1 aliphatic rings. The van der Waals surface area contributed by atoms with Crippen molar-refractivity contribution in [2.24, 2.45) is 11.8 Å². The number of esters is 2. The quantitative estimate of drug-likeness (QED) is 0.253. The molecule has 10 nitrogen and oxygen atoms in total. The maximum Gasteiger partial charge on any atom is 0.302 e. The second kappa shape index (κ2) is 15.4. The van der Waals surface area contributed by atoms with Crippen LogP contribution in [0.4, 0.5) is 0 Å². The van der Waals surface area contributed by atoms with Gasteiger partial charge in [0.2, 0.25) is 11.5 Å². The van der Waals surface area contributed by atoms with Gasteiger partial charge in [-0.15, -0.1) is 0 Å². The molecular weight excluding hydrogens is 544 g/mol. The zero-order valence-electron chi connectivity index (χ0n) is 26.0. The fraction of sp³-hybridized carbons (Fsp3) is 0.562. The highest BCUT2D eigenvalue weighted by Gasteiger charge is 2.43. The van der Waals surface area contributed by atoms with E-state index in [0.29, 0.717) is 54.1 Å². The van der Waals surface area contributed by atoms with Crippen molar-refractivity contribution in [3.05, 3.63) is 34.9 Å². The zero-order valence-corrected chi connectivity index (χ0v) is 26.0. The number of ether oxygens (including phenoxy) is 8. The van der Waals surface area contributed by atoms with Crippen LogP contribution in [0.15, 0.2) is 18.2 Å². The predicted octanol–water partition coefficient (Wildman–Crippen LogP) is 5.35. The summed E-state index contributed by atoms with van der Waals surface area (Å²) in [5, 5.41) is 0. The smallest absolute Gasteiger partial charge is 0.302 e. The summed E-state index contributed by atoms with van der Waals surface area (Å²) in [5.41, 5.74) is 2.63. The summed E-state index contributed by atoms with van der Waals surface area (Å²) in [7, 11) is 6.34. The number of methoxy groups -OCH3 is 4. The highest BCUT2D eigenvalue weighted by atomic mass is 16.6. The van der Waals surface area contributed by atoms with Gasteiger partial charge in [0.1, 0.15) is 0 Å². The highest BCUT2D eigenvalue weighted by Crippen LogP contribution is 2.55. The van der Waals surface area contributed by atoms with Gasteiger partial charge in [-0.2, -0.15) is 0 Å². The van der Waals surface area contributed by atoms with Crippen LogP contribution in [0.25, 0.3) is 0 Å². The normalized spacial score (nSPS) is 17.5. The van der Waals surface area contributed by atoms with Gasteiger partial charge in [0.25, 0.3) is 0 Å². The third-order valence-electron chi connectivity index (χ3n) is 7.30. The van der Waals surface area contributed by atoms with Gasteiger partial charge in [0.05, 0.1) is 54.9 Å². The van der Waals surface area contributed by atoms with E-state index >= 15 is 0 Å². The van der Waals surface area contributed by atoms with Crippen LogP contribution in [0.2, 0.25) is 0 Å². The second-order valence-corrected chi connectivity index (χ2v) is 10.2. The third-order valence-corrected chi connectivity index (χ3v) is 7.30. The van der Waals surface area contributed by atoms with Crippen molar-refractivity contribution >= 4 is 11.9 Å². The minimum absolute atomic E-state index is 0.0877. The van der Waals surface area contributed by atoms with Crippen LogP contribution in [-0.4, -0.2) is 66.8 Å². The summed E-state index contributed by atoms with van der Waals surface area (Å²) in [5.74, 6) is 1.38. The van der Waals surface area contributed by atoms with Crippen LogP contribution in [0.1, 0.15) is 63.1 Å². The van der Waals surface area contributed by atoms with Gasteiger partial charge in [-0.25, -0.2) is 0 Å². The molecule has 232 valence electrons. The summed E-state index contributed by atoms with van der Waals surface area (Å²) >= 11 is 0. The topological polar surface area (TPSA) is 108 Å². The fourth-order valence-electron chi connectivity index (χ4n) is 5.50. The lowest BCUT2D eigenvalue weighted by Gasteiger charge is -2.40. The van der Waals surface area contributed by atoms with Crippen molar-refractivity contribution in [3.8, 4) is 34.5 Å². The van der Waals surface area contributed by atoms with E-state index < -0.39 is 11.9 Å². The Labute approximate surface area is 248 Å². The number of fused-ring (bicyclic) bond motifs is 1. The Morgan fingerprint density at radius 2 is 1.24 bits per heavy atom. The molecule has 0 heterocycles. The lowest BCUT2D eigenvalue weighted by atomic mass is 9.66. The number of carbonyl (C=O) groups excluding carboxylic acids is 2. The molecule has 0 bridgehead atoms.